The van der Waals surface area contributed by atoms with E-state index in [9.17, 15) is 0 Å². The summed E-state index contributed by atoms with van der Waals surface area (Å²) < 4.78 is 2.75. The van der Waals surface area contributed by atoms with Crippen LogP contribution in [0.25, 0.3) is 10.1 Å². The van der Waals surface area contributed by atoms with Crippen molar-refractivity contribution in [2.24, 2.45) is 0 Å². The first-order valence-electron chi connectivity index (χ1n) is 7.08. The number of hydrogen-bond acceptors (Lipinski definition) is 2. The van der Waals surface area contributed by atoms with Gasteiger partial charge in [0.1, 0.15) is 0 Å². The molecule has 1 unspecified atom stereocenters. The van der Waals surface area contributed by atoms with Gasteiger partial charge in [0.15, 0.2) is 0 Å². The van der Waals surface area contributed by atoms with Crippen molar-refractivity contribution in [2.75, 3.05) is 7.05 Å². The maximum absolute atomic E-state index is 3.49. The fourth-order valence-electron chi connectivity index (χ4n) is 2.72. The standard InChI is InChI=1S/C18H18INS/c1-12-6-5-8-15(18(12)19)16(20-2)10-13-11-21-17-9-4-3-7-14(13)17/h3-9,11,16,20H,10H2,1-2H3. The maximum Gasteiger partial charge on any atom is 0.0369 e. The van der Waals surface area contributed by atoms with Gasteiger partial charge in [0.25, 0.3) is 0 Å². The SMILES string of the molecule is CNC(Cc1csc2ccccc12)c1cccc(C)c1I. The summed E-state index contributed by atoms with van der Waals surface area (Å²) in [6.07, 6.45) is 1.03. The van der Waals surface area contributed by atoms with E-state index in [0.717, 1.165) is 6.42 Å². The number of rotatable bonds is 4. The van der Waals surface area contributed by atoms with Crippen LogP contribution >= 0.6 is 33.9 Å². The molecule has 0 saturated carbocycles. The van der Waals surface area contributed by atoms with Crippen LogP contribution in [0.2, 0.25) is 0 Å². The lowest BCUT2D eigenvalue weighted by molar-refractivity contribution is 0.591. The van der Waals surface area contributed by atoms with E-state index >= 15 is 0 Å². The molecule has 1 aromatic heterocycles. The second-order valence-electron chi connectivity index (χ2n) is 5.28. The molecule has 0 aliphatic heterocycles. The molecule has 0 aliphatic rings. The molecule has 0 saturated heterocycles. The fourth-order valence-corrected chi connectivity index (χ4v) is 4.43. The second-order valence-corrected chi connectivity index (χ2v) is 7.27. The van der Waals surface area contributed by atoms with E-state index in [1.165, 1.54) is 30.3 Å². The molecule has 0 bridgehead atoms. The van der Waals surface area contributed by atoms with Crippen LogP contribution in [0.1, 0.15) is 22.7 Å². The number of likely N-dealkylation sites (N-methyl/N-ethyl adjacent to an activating group) is 1. The zero-order valence-electron chi connectivity index (χ0n) is 12.2. The molecule has 0 aliphatic carbocycles. The molecule has 0 amide bonds. The lowest BCUT2D eigenvalue weighted by Crippen LogP contribution is -2.20. The molecule has 108 valence electrons. The molecule has 1 atom stereocenters. The summed E-state index contributed by atoms with van der Waals surface area (Å²) in [6.45, 7) is 2.18. The Bertz CT molecular complexity index is 763. The summed E-state index contributed by atoms with van der Waals surface area (Å²) in [5.41, 5.74) is 4.18. The van der Waals surface area contributed by atoms with E-state index < -0.39 is 0 Å². The third kappa shape index (κ3) is 3.00. The molecule has 2 aromatic carbocycles. The molecule has 3 aromatic rings. The highest BCUT2D eigenvalue weighted by molar-refractivity contribution is 14.1. The minimum Gasteiger partial charge on any atom is -0.313 e. The number of halogens is 1. The van der Waals surface area contributed by atoms with Gasteiger partial charge in [-0.25, -0.2) is 0 Å². The van der Waals surface area contributed by atoms with E-state index in [0.29, 0.717) is 6.04 Å². The Balaban J connectivity index is 1.96. The highest BCUT2D eigenvalue weighted by atomic mass is 127. The predicted molar refractivity (Wildman–Crippen MR) is 101 cm³/mol. The monoisotopic (exact) mass is 407 g/mol. The van der Waals surface area contributed by atoms with Crippen LogP contribution in [-0.4, -0.2) is 7.05 Å². The van der Waals surface area contributed by atoms with E-state index in [1.54, 1.807) is 0 Å². The number of thiophene rings is 1. The average molecular weight is 407 g/mol. The third-order valence-electron chi connectivity index (χ3n) is 3.93. The van der Waals surface area contributed by atoms with Crippen LogP contribution < -0.4 is 5.32 Å². The molecule has 0 radical (unpaired) electrons. The molecule has 0 fully saturated rings. The van der Waals surface area contributed by atoms with Gasteiger partial charge in [0.2, 0.25) is 0 Å². The highest BCUT2D eigenvalue weighted by Gasteiger charge is 2.16. The smallest absolute Gasteiger partial charge is 0.0369 e. The van der Waals surface area contributed by atoms with Gasteiger partial charge in [-0.15, -0.1) is 11.3 Å². The summed E-state index contributed by atoms with van der Waals surface area (Å²) in [5.74, 6) is 0. The Morgan fingerprint density at radius 2 is 1.95 bits per heavy atom. The molecular formula is C18H18INS. The molecule has 3 rings (SSSR count). The summed E-state index contributed by atoms with van der Waals surface area (Å²) in [6, 6.07) is 15.6. The lowest BCUT2D eigenvalue weighted by Gasteiger charge is -2.19. The zero-order chi connectivity index (χ0) is 14.8. The number of aryl methyl sites for hydroxylation is 1. The number of benzene rings is 2. The van der Waals surface area contributed by atoms with Crippen molar-refractivity contribution >= 4 is 44.0 Å². The first-order valence-corrected chi connectivity index (χ1v) is 9.04. The van der Waals surface area contributed by atoms with E-state index in [1.807, 2.05) is 11.3 Å². The zero-order valence-corrected chi connectivity index (χ0v) is 15.2. The summed E-state index contributed by atoms with van der Waals surface area (Å²) in [5, 5.41) is 7.19. The van der Waals surface area contributed by atoms with Gasteiger partial charge in [-0.2, -0.15) is 0 Å². The number of hydrogen-bond donors (Lipinski definition) is 1. The second kappa shape index (κ2) is 6.46. The van der Waals surface area contributed by atoms with Crippen molar-refractivity contribution in [2.45, 2.75) is 19.4 Å². The maximum atomic E-state index is 3.49. The van der Waals surface area contributed by atoms with Crippen molar-refractivity contribution in [1.29, 1.82) is 0 Å². The molecule has 21 heavy (non-hydrogen) atoms. The normalized spacial score (nSPS) is 12.7. The Morgan fingerprint density at radius 3 is 2.76 bits per heavy atom. The largest absolute Gasteiger partial charge is 0.313 e. The Hall–Kier alpha value is -0.910. The third-order valence-corrected chi connectivity index (χ3v) is 6.42. The molecule has 3 heteroatoms. The molecule has 1 heterocycles. The number of fused-ring (bicyclic) bond motifs is 1. The van der Waals surface area contributed by atoms with Crippen molar-refractivity contribution in [1.82, 2.24) is 5.32 Å². The van der Waals surface area contributed by atoms with Crippen LogP contribution in [0.5, 0.6) is 0 Å². The van der Waals surface area contributed by atoms with Crippen molar-refractivity contribution in [3.63, 3.8) is 0 Å². The predicted octanol–water partition coefficient (Wildman–Crippen LogP) is 5.32. The summed E-state index contributed by atoms with van der Waals surface area (Å²) >= 11 is 4.30. The minimum atomic E-state index is 0.356. The first-order chi connectivity index (χ1) is 10.2. The van der Waals surface area contributed by atoms with E-state index in [2.05, 4.69) is 89.7 Å². The fraction of sp³-hybridized carbons (Fsp3) is 0.222. The van der Waals surface area contributed by atoms with Crippen LogP contribution in [-0.2, 0) is 6.42 Å². The van der Waals surface area contributed by atoms with Gasteiger partial charge in [-0.1, -0.05) is 36.4 Å². The summed E-state index contributed by atoms with van der Waals surface area (Å²) in [4.78, 5) is 0. The quantitative estimate of drug-likeness (QED) is 0.578. The van der Waals surface area contributed by atoms with Crippen LogP contribution in [0.3, 0.4) is 0 Å². The lowest BCUT2D eigenvalue weighted by atomic mass is 9.97. The van der Waals surface area contributed by atoms with Gasteiger partial charge in [-0.3, -0.25) is 0 Å². The number of nitrogens with one attached hydrogen (secondary N) is 1. The Morgan fingerprint density at radius 1 is 1.14 bits per heavy atom. The van der Waals surface area contributed by atoms with Gasteiger partial charge in [-0.05, 0) is 76.5 Å². The highest BCUT2D eigenvalue weighted by Crippen LogP contribution is 2.31. The molecule has 1 N–H and O–H groups in total. The van der Waals surface area contributed by atoms with Crippen LogP contribution in [0, 0.1) is 10.5 Å². The van der Waals surface area contributed by atoms with E-state index in [4.69, 9.17) is 0 Å². The van der Waals surface area contributed by atoms with Gasteiger partial charge in [0.05, 0.1) is 0 Å². The Kier molecular flexibility index (Phi) is 4.62. The van der Waals surface area contributed by atoms with Gasteiger partial charge >= 0.3 is 0 Å². The van der Waals surface area contributed by atoms with Crippen LogP contribution in [0.4, 0.5) is 0 Å². The first kappa shape index (κ1) is 15.0. The molecule has 0 spiro atoms. The van der Waals surface area contributed by atoms with Crippen molar-refractivity contribution in [3.8, 4) is 0 Å². The van der Waals surface area contributed by atoms with Gasteiger partial charge < -0.3 is 5.32 Å². The minimum absolute atomic E-state index is 0.356. The van der Waals surface area contributed by atoms with Gasteiger partial charge in [0, 0.05) is 14.3 Å². The molecule has 1 nitrogen and oxygen atoms in total. The Labute approximate surface area is 143 Å². The molecular weight excluding hydrogens is 389 g/mol. The topological polar surface area (TPSA) is 12.0 Å². The van der Waals surface area contributed by atoms with Crippen LogP contribution in [0.15, 0.2) is 47.8 Å². The van der Waals surface area contributed by atoms with Crippen molar-refractivity contribution in [3.05, 3.63) is 68.1 Å². The van der Waals surface area contributed by atoms with Crippen molar-refractivity contribution < 1.29 is 0 Å². The summed E-state index contributed by atoms with van der Waals surface area (Å²) in [7, 11) is 2.05. The van der Waals surface area contributed by atoms with E-state index in [-0.39, 0.29) is 0 Å². The average Bonchev–Trinajstić information content (AvgIpc) is 2.91.